The zero-order valence-corrected chi connectivity index (χ0v) is 12.1. The molecule has 0 aromatic rings. The normalized spacial score (nSPS) is 42.9. The lowest BCUT2D eigenvalue weighted by Gasteiger charge is -2.33. The number of nitrogens with one attached hydrogen (secondary N) is 1. The quantitative estimate of drug-likeness (QED) is 0.771. The van der Waals surface area contributed by atoms with Gasteiger partial charge in [0, 0.05) is 44.1 Å². The number of hydrogen-bond donors (Lipinski definition) is 2. The fraction of sp³-hybridized carbons (Fsp3) is 1.00. The van der Waals surface area contributed by atoms with E-state index in [1.165, 1.54) is 19.4 Å². The molecule has 2 saturated heterocycles. The van der Waals surface area contributed by atoms with Gasteiger partial charge in [-0.3, -0.25) is 0 Å². The highest BCUT2D eigenvalue weighted by Gasteiger charge is 2.45. The third-order valence-electron chi connectivity index (χ3n) is 5.39. The predicted molar refractivity (Wildman–Crippen MR) is 75.1 cm³/mol. The summed E-state index contributed by atoms with van der Waals surface area (Å²) < 4.78 is 5.67. The summed E-state index contributed by atoms with van der Waals surface area (Å²) in [5.41, 5.74) is 0.305. The maximum Gasteiger partial charge on any atom is 0.0583 e. The highest BCUT2D eigenvalue weighted by atomic mass is 16.5. The summed E-state index contributed by atoms with van der Waals surface area (Å²) in [6, 6.07) is 0. The number of fused-ring (bicyclic) bond motifs is 1. The van der Waals surface area contributed by atoms with E-state index in [0.717, 1.165) is 51.7 Å². The molecule has 3 fully saturated rings. The van der Waals surface area contributed by atoms with Crippen LogP contribution in [-0.4, -0.2) is 62.0 Å². The first-order valence-electron chi connectivity index (χ1n) is 7.91. The number of nitrogens with zero attached hydrogens (tertiary/aromatic N) is 1. The molecule has 19 heavy (non-hydrogen) atoms. The van der Waals surface area contributed by atoms with Crippen LogP contribution in [0, 0.1) is 17.3 Å². The molecule has 4 nitrogen and oxygen atoms in total. The largest absolute Gasteiger partial charge is 0.393 e. The van der Waals surface area contributed by atoms with Crippen molar-refractivity contribution in [2.75, 3.05) is 45.9 Å². The van der Waals surface area contributed by atoms with Gasteiger partial charge < -0.3 is 20.1 Å². The van der Waals surface area contributed by atoms with E-state index in [0.29, 0.717) is 11.3 Å². The van der Waals surface area contributed by atoms with E-state index in [9.17, 15) is 5.11 Å². The van der Waals surface area contributed by atoms with Crippen molar-refractivity contribution < 1.29 is 9.84 Å². The topological polar surface area (TPSA) is 44.7 Å². The summed E-state index contributed by atoms with van der Waals surface area (Å²) in [5, 5.41) is 13.5. The lowest BCUT2D eigenvalue weighted by Crippen LogP contribution is -2.44. The van der Waals surface area contributed by atoms with E-state index < -0.39 is 0 Å². The zero-order chi connectivity index (χ0) is 13.3. The molecule has 1 saturated carbocycles. The second kappa shape index (κ2) is 5.68. The van der Waals surface area contributed by atoms with E-state index in [1.54, 1.807) is 0 Å². The molecule has 3 rings (SSSR count). The summed E-state index contributed by atoms with van der Waals surface area (Å²) in [4.78, 5) is 2.59. The molecule has 4 heteroatoms. The van der Waals surface area contributed by atoms with Gasteiger partial charge in [0.05, 0.1) is 12.7 Å². The second-order valence-corrected chi connectivity index (χ2v) is 6.85. The molecule has 0 spiro atoms. The number of hydrogen-bond acceptors (Lipinski definition) is 4. The van der Waals surface area contributed by atoms with Crippen LogP contribution in [-0.2, 0) is 4.74 Å². The Morgan fingerprint density at radius 1 is 1.37 bits per heavy atom. The molecule has 4 atom stereocenters. The minimum Gasteiger partial charge on any atom is -0.393 e. The lowest BCUT2D eigenvalue weighted by molar-refractivity contribution is 0.0993. The standard InChI is InChI=1S/C15H28N2O2/c1-2-16-9-15(5-6-19-11-15)10-17-7-12-3-4-14(18)13(12)8-17/h12-14,16,18H,2-11H2,1H3. The minimum atomic E-state index is -0.0421. The van der Waals surface area contributed by atoms with Gasteiger partial charge in [0.2, 0.25) is 0 Å². The van der Waals surface area contributed by atoms with E-state index in [1.807, 2.05) is 0 Å². The van der Waals surface area contributed by atoms with Crippen LogP contribution in [0.3, 0.4) is 0 Å². The Morgan fingerprint density at radius 3 is 2.95 bits per heavy atom. The number of rotatable bonds is 5. The van der Waals surface area contributed by atoms with E-state index >= 15 is 0 Å². The van der Waals surface area contributed by atoms with Gasteiger partial charge in [-0.25, -0.2) is 0 Å². The molecule has 0 amide bonds. The molecule has 110 valence electrons. The lowest BCUT2D eigenvalue weighted by atomic mass is 9.86. The SMILES string of the molecule is CCNCC1(CN2CC3CCC(O)C3C2)CCOC1. The third-order valence-corrected chi connectivity index (χ3v) is 5.39. The smallest absolute Gasteiger partial charge is 0.0583 e. The van der Waals surface area contributed by atoms with E-state index in [-0.39, 0.29) is 6.10 Å². The average Bonchev–Trinajstić information content (AvgIpc) is 3.08. The van der Waals surface area contributed by atoms with Crippen molar-refractivity contribution in [2.24, 2.45) is 17.3 Å². The highest BCUT2D eigenvalue weighted by Crippen LogP contribution is 2.40. The van der Waals surface area contributed by atoms with Crippen molar-refractivity contribution in [1.82, 2.24) is 10.2 Å². The van der Waals surface area contributed by atoms with Crippen LogP contribution in [0.15, 0.2) is 0 Å². The molecular formula is C15H28N2O2. The number of ether oxygens (including phenoxy) is 1. The number of likely N-dealkylation sites (tertiary alicyclic amines) is 1. The zero-order valence-electron chi connectivity index (χ0n) is 12.1. The van der Waals surface area contributed by atoms with Gasteiger partial charge in [-0.05, 0) is 31.7 Å². The first-order valence-corrected chi connectivity index (χ1v) is 7.91. The van der Waals surface area contributed by atoms with Gasteiger partial charge in [-0.2, -0.15) is 0 Å². The predicted octanol–water partition coefficient (Wildman–Crippen LogP) is 0.705. The Kier molecular flexibility index (Phi) is 4.13. The first-order chi connectivity index (χ1) is 9.22. The maximum atomic E-state index is 10.0. The molecule has 0 radical (unpaired) electrons. The van der Waals surface area contributed by atoms with Gasteiger partial charge in [0.15, 0.2) is 0 Å². The van der Waals surface area contributed by atoms with Gasteiger partial charge in [-0.1, -0.05) is 6.92 Å². The maximum absolute atomic E-state index is 10.0. The van der Waals surface area contributed by atoms with Crippen LogP contribution in [0.2, 0.25) is 0 Å². The molecule has 0 bridgehead atoms. The Hall–Kier alpha value is -0.160. The monoisotopic (exact) mass is 268 g/mol. The summed E-state index contributed by atoms with van der Waals surface area (Å²) in [5.74, 6) is 1.28. The second-order valence-electron chi connectivity index (χ2n) is 6.85. The Bertz CT molecular complexity index is 305. The molecule has 2 aliphatic heterocycles. The Balaban J connectivity index is 1.58. The average molecular weight is 268 g/mol. The fourth-order valence-corrected chi connectivity index (χ4v) is 4.29. The van der Waals surface area contributed by atoms with Gasteiger partial charge in [-0.15, -0.1) is 0 Å². The molecule has 1 aliphatic carbocycles. The van der Waals surface area contributed by atoms with E-state index in [4.69, 9.17) is 4.74 Å². The van der Waals surface area contributed by atoms with Crippen molar-refractivity contribution in [1.29, 1.82) is 0 Å². The van der Waals surface area contributed by atoms with Crippen molar-refractivity contribution in [3.8, 4) is 0 Å². The Labute approximate surface area is 116 Å². The Morgan fingerprint density at radius 2 is 2.26 bits per heavy atom. The third kappa shape index (κ3) is 2.82. The summed E-state index contributed by atoms with van der Waals surface area (Å²) in [7, 11) is 0. The van der Waals surface area contributed by atoms with Gasteiger partial charge in [0.1, 0.15) is 0 Å². The first kappa shape index (κ1) is 13.8. The molecule has 0 aromatic carbocycles. The van der Waals surface area contributed by atoms with Crippen LogP contribution in [0.1, 0.15) is 26.2 Å². The van der Waals surface area contributed by atoms with Crippen molar-refractivity contribution in [2.45, 2.75) is 32.3 Å². The number of aliphatic hydroxyl groups is 1. The van der Waals surface area contributed by atoms with Gasteiger partial charge in [0.25, 0.3) is 0 Å². The van der Waals surface area contributed by atoms with Crippen molar-refractivity contribution in [3.05, 3.63) is 0 Å². The minimum absolute atomic E-state index is 0.0421. The van der Waals surface area contributed by atoms with Crippen molar-refractivity contribution >= 4 is 0 Å². The van der Waals surface area contributed by atoms with Gasteiger partial charge >= 0.3 is 0 Å². The molecule has 3 aliphatic rings. The van der Waals surface area contributed by atoms with E-state index in [2.05, 4.69) is 17.1 Å². The van der Waals surface area contributed by atoms with Crippen molar-refractivity contribution in [3.63, 3.8) is 0 Å². The summed E-state index contributed by atoms with van der Waals surface area (Å²) in [6.07, 6.45) is 3.38. The summed E-state index contributed by atoms with van der Waals surface area (Å²) in [6.45, 7) is 9.50. The molecule has 2 N–H and O–H groups in total. The van der Waals surface area contributed by atoms with Crippen LogP contribution in [0.4, 0.5) is 0 Å². The number of aliphatic hydroxyl groups excluding tert-OH is 1. The molecular weight excluding hydrogens is 240 g/mol. The molecule has 0 aromatic heterocycles. The fourth-order valence-electron chi connectivity index (χ4n) is 4.29. The van der Waals surface area contributed by atoms with Crippen LogP contribution in [0.25, 0.3) is 0 Å². The molecule has 2 heterocycles. The van der Waals surface area contributed by atoms with Crippen LogP contribution < -0.4 is 5.32 Å². The summed E-state index contributed by atoms with van der Waals surface area (Å²) >= 11 is 0. The highest BCUT2D eigenvalue weighted by molar-refractivity contribution is 4.97. The van der Waals surface area contributed by atoms with Crippen LogP contribution in [0.5, 0.6) is 0 Å². The molecule has 4 unspecified atom stereocenters. The van der Waals surface area contributed by atoms with Crippen LogP contribution >= 0.6 is 0 Å².